The van der Waals surface area contributed by atoms with Gasteiger partial charge < -0.3 is 14.8 Å². The van der Waals surface area contributed by atoms with Gasteiger partial charge in [-0.05, 0) is 12.1 Å². The Morgan fingerprint density at radius 1 is 1.11 bits per heavy atom. The van der Waals surface area contributed by atoms with E-state index >= 15 is 0 Å². The first-order valence-corrected chi connectivity index (χ1v) is 8.25. The molecule has 0 spiro atoms. The summed E-state index contributed by atoms with van der Waals surface area (Å²) in [6, 6.07) is 9.39. The van der Waals surface area contributed by atoms with E-state index in [2.05, 4.69) is 10.4 Å². The zero-order valence-electron chi connectivity index (χ0n) is 14.5. The van der Waals surface area contributed by atoms with E-state index in [0.29, 0.717) is 11.5 Å². The van der Waals surface area contributed by atoms with Gasteiger partial charge in [0, 0.05) is 12.1 Å². The molecule has 1 aromatic heterocycles. The fourth-order valence-electron chi connectivity index (χ4n) is 2.64. The van der Waals surface area contributed by atoms with Crippen LogP contribution in [0.5, 0.6) is 11.5 Å². The van der Waals surface area contributed by atoms with Crippen LogP contribution in [0.3, 0.4) is 0 Å². The van der Waals surface area contributed by atoms with E-state index in [0.717, 1.165) is 4.68 Å². The number of hydrogen-bond donors (Lipinski definition) is 2. The predicted molar refractivity (Wildman–Crippen MR) is 102 cm³/mol. The number of H-pyrrole nitrogens is 1. The summed E-state index contributed by atoms with van der Waals surface area (Å²) in [6.07, 6.45) is 0. The normalized spacial score (nSPS) is 10.6. The molecule has 3 rings (SSSR count). The third-order valence-electron chi connectivity index (χ3n) is 3.93. The zero-order chi connectivity index (χ0) is 19.6. The average molecular weight is 390 g/mol. The van der Waals surface area contributed by atoms with Gasteiger partial charge in [0.15, 0.2) is 11.5 Å². The molecule has 0 unspecified atom stereocenters. The number of halogens is 1. The fourth-order valence-corrected chi connectivity index (χ4v) is 2.84. The first-order chi connectivity index (χ1) is 12.9. The Morgan fingerprint density at radius 2 is 1.74 bits per heavy atom. The smallest absolute Gasteiger partial charge is 0.273 e. The number of aromatic amines is 1. The minimum Gasteiger partial charge on any atom is -0.493 e. The number of anilines is 1. The molecule has 0 saturated heterocycles. The van der Waals surface area contributed by atoms with Crippen LogP contribution in [0.4, 0.5) is 5.69 Å². The number of carbonyl (C=O) groups excluding carboxylic acids is 1. The quantitative estimate of drug-likeness (QED) is 0.694. The molecule has 3 aromatic rings. The zero-order valence-corrected chi connectivity index (χ0v) is 15.3. The molecule has 140 valence electrons. The number of aromatic nitrogens is 2. The highest BCUT2D eigenvalue weighted by atomic mass is 35.5. The van der Waals surface area contributed by atoms with Crippen molar-refractivity contribution in [3.8, 4) is 11.5 Å². The number of benzene rings is 2. The minimum absolute atomic E-state index is 0.234. The van der Waals surface area contributed by atoms with Gasteiger partial charge in [0.05, 0.1) is 35.7 Å². The van der Waals surface area contributed by atoms with Crippen LogP contribution in [-0.2, 0) is 11.3 Å². The maximum Gasteiger partial charge on any atom is 0.273 e. The number of rotatable bonds is 5. The van der Waals surface area contributed by atoms with E-state index in [-0.39, 0.29) is 28.0 Å². The van der Waals surface area contributed by atoms with Crippen LogP contribution < -0.4 is 25.9 Å². The van der Waals surface area contributed by atoms with Crippen molar-refractivity contribution in [2.24, 2.45) is 0 Å². The third kappa shape index (κ3) is 3.65. The number of nitrogens with one attached hydrogen (secondary N) is 2. The van der Waals surface area contributed by atoms with Crippen molar-refractivity contribution < 1.29 is 14.3 Å². The lowest BCUT2D eigenvalue weighted by molar-refractivity contribution is -0.117. The summed E-state index contributed by atoms with van der Waals surface area (Å²) < 4.78 is 11.3. The molecule has 2 N–H and O–H groups in total. The number of methoxy groups -OCH3 is 2. The van der Waals surface area contributed by atoms with E-state index < -0.39 is 17.0 Å². The second kappa shape index (κ2) is 7.55. The van der Waals surface area contributed by atoms with Crippen LogP contribution in [0, 0.1) is 0 Å². The summed E-state index contributed by atoms with van der Waals surface area (Å²) in [5.74, 6) is 0.251. The lowest BCUT2D eigenvalue weighted by atomic mass is 10.2. The highest BCUT2D eigenvalue weighted by Crippen LogP contribution is 2.35. The topological polar surface area (TPSA) is 102 Å². The Bertz CT molecular complexity index is 1140. The van der Waals surface area contributed by atoms with Crippen LogP contribution >= 0.6 is 11.6 Å². The molecule has 0 atom stereocenters. The summed E-state index contributed by atoms with van der Waals surface area (Å²) >= 11 is 6.14. The van der Waals surface area contributed by atoms with Crippen molar-refractivity contribution in [3.05, 3.63) is 62.1 Å². The summed E-state index contributed by atoms with van der Waals surface area (Å²) in [5, 5.41) is 5.73. The van der Waals surface area contributed by atoms with Gasteiger partial charge in [0.2, 0.25) is 5.91 Å². The number of ether oxygens (including phenoxy) is 2. The molecular formula is C18H16ClN3O5. The standard InChI is InChI=1S/C18H16ClN3O5/c1-26-14-7-12(19)13(8-15(14)27-2)20-16(23)9-22-18(25)11-6-4-3-5-10(11)17(24)21-22/h3-8H,9H2,1-2H3,(H,20,23)(H,21,24). The van der Waals surface area contributed by atoms with Gasteiger partial charge in [-0.1, -0.05) is 23.7 Å². The van der Waals surface area contributed by atoms with E-state index in [4.69, 9.17) is 21.1 Å². The number of fused-ring (bicyclic) bond motifs is 1. The van der Waals surface area contributed by atoms with Gasteiger partial charge in [-0.2, -0.15) is 0 Å². The molecule has 9 heteroatoms. The van der Waals surface area contributed by atoms with Crippen molar-refractivity contribution in [3.63, 3.8) is 0 Å². The number of hydrogen-bond acceptors (Lipinski definition) is 5. The van der Waals surface area contributed by atoms with Crippen molar-refractivity contribution in [1.82, 2.24) is 9.78 Å². The summed E-state index contributed by atoms with van der Waals surface area (Å²) in [4.78, 5) is 36.9. The summed E-state index contributed by atoms with van der Waals surface area (Å²) in [5.41, 5.74) is -0.642. The summed E-state index contributed by atoms with van der Waals surface area (Å²) in [7, 11) is 2.92. The largest absolute Gasteiger partial charge is 0.493 e. The van der Waals surface area contributed by atoms with Crippen LogP contribution in [0.15, 0.2) is 46.0 Å². The molecular weight excluding hydrogens is 374 g/mol. The predicted octanol–water partition coefficient (Wildman–Crippen LogP) is 2.00. The number of amides is 1. The number of nitrogens with zero attached hydrogens (tertiary/aromatic N) is 1. The van der Waals surface area contributed by atoms with Crippen molar-refractivity contribution in [2.75, 3.05) is 19.5 Å². The first-order valence-electron chi connectivity index (χ1n) is 7.88. The molecule has 27 heavy (non-hydrogen) atoms. The van der Waals surface area contributed by atoms with Crippen molar-refractivity contribution in [1.29, 1.82) is 0 Å². The highest BCUT2D eigenvalue weighted by molar-refractivity contribution is 6.34. The molecule has 0 aliphatic rings. The van der Waals surface area contributed by atoms with E-state index in [1.54, 1.807) is 18.2 Å². The molecule has 1 amide bonds. The van der Waals surface area contributed by atoms with Crippen LogP contribution in [0.25, 0.3) is 10.8 Å². The Balaban J connectivity index is 1.89. The molecule has 0 aliphatic heterocycles. The number of carbonyl (C=O) groups is 1. The lowest BCUT2D eigenvalue weighted by Crippen LogP contribution is -2.34. The van der Waals surface area contributed by atoms with Gasteiger partial charge in [0.25, 0.3) is 11.1 Å². The third-order valence-corrected chi connectivity index (χ3v) is 4.25. The Hall–Kier alpha value is -3.26. The Kier molecular flexibility index (Phi) is 5.18. The second-order valence-electron chi connectivity index (χ2n) is 5.61. The van der Waals surface area contributed by atoms with E-state index in [9.17, 15) is 14.4 Å². The molecule has 0 aliphatic carbocycles. The monoisotopic (exact) mass is 389 g/mol. The first kappa shape index (κ1) is 18.5. The van der Waals surface area contributed by atoms with Crippen molar-refractivity contribution >= 4 is 34.0 Å². The van der Waals surface area contributed by atoms with Crippen LogP contribution in [0.1, 0.15) is 0 Å². The second-order valence-corrected chi connectivity index (χ2v) is 6.02. The highest BCUT2D eigenvalue weighted by Gasteiger charge is 2.14. The van der Waals surface area contributed by atoms with E-state index in [1.807, 2.05) is 0 Å². The summed E-state index contributed by atoms with van der Waals surface area (Å²) in [6.45, 7) is -0.385. The maximum atomic E-state index is 12.5. The van der Waals surface area contributed by atoms with Gasteiger partial charge >= 0.3 is 0 Å². The van der Waals surface area contributed by atoms with Gasteiger partial charge in [-0.15, -0.1) is 0 Å². The SMILES string of the molecule is COc1cc(Cl)c(NC(=O)Cn2[nH]c(=O)c3ccccc3c2=O)cc1OC. The van der Waals surface area contributed by atoms with Gasteiger partial charge in [-0.25, -0.2) is 4.68 Å². The van der Waals surface area contributed by atoms with Crippen LogP contribution in [0.2, 0.25) is 5.02 Å². The van der Waals surface area contributed by atoms with Crippen molar-refractivity contribution in [2.45, 2.75) is 6.54 Å². The molecule has 8 nitrogen and oxygen atoms in total. The molecule has 0 radical (unpaired) electrons. The molecule has 1 heterocycles. The minimum atomic E-state index is -0.544. The molecule has 0 fully saturated rings. The Labute approximate surface area is 158 Å². The van der Waals surface area contributed by atoms with Crippen LogP contribution in [-0.4, -0.2) is 29.9 Å². The van der Waals surface area contributed by atoms with Gasteiger partial charge in [-0.3, -0.25) is 19.5 Å². The van der Waals surface area contributed by atoms with Gasteiger partial charge in [0.1, 0.15) is 6.54 Å². The molecule has 0 bridgehead atoms. The maximum absolute atomic E-state index is 12.5. The molecule has 0 saturated carbocycles. The molecule has 2 aromatic carbocycles. The lowest BCUT2D eigenvalue weighted by Gasteiger charge is -2.13. The van der Waals surface area contributed by atoms with E-state index in [1.165, 1.54) is 32.4 Å². The Morgan fingerprint density at radius 3 is 2.41 bits per heavy atom. The average Bonchev–Trinajstić information content (AvgIpc) is 2.67. The fraction of sp³-hybridized carbons (Fsp3) is 0.167.